The van der Waals surface area contributed by atoms with E-state index in [4.69, 9.17) is 5.26 Å². The normalized spacial score (nSPS) is 18.7. The minimum absolute atomic E-state index is 0.495. The lowest BCUT2D eigenvalue weighted by atomic mass is 10.1. The van der Waals surface area contributed by atoms with Crippen molar-refractivity contribution in [1.29, 1.82) is 5.26 Å². The number of hydrogen-bond acceptors (Lipinski definition) is 4. The second kappa shape index (κ2) is 4.28. The number of fused-ring (bicyclic) bond motifs is 1. The number of carbonyl (C=O) groups is 1. The lowest BCUT2D eigenvalue weighted by molar-refractivity contribution is -0.138. The summed E-state index contributed by atoms with van der Waals surface area (Å²) < 4.78 is 0. The van der Waals surface area contributed by atoms with Crippen LogP contribution < -0.4 is 4.90 Å². The molecule has 0 spiro atoms. The molecule has 3 rings (SSSR count). The molecule has 0 unspecified atom stereocenters. The van der Waals surface area contributed by atoms with Crippen molar-refractivity contribution in [2.45, 2.75) is 18.9 Å². The fourth-order valence-electron chi connectivity index (χ4n) is 2.68. The molecule has 1 aliphatic rings. The zero-order chi connectivity index (χ0) is 13.4. The Morgan fingerprint density at radius 3 is 3.21 bits per heavy atom. The van der Waals surface area contributed by atoms with E-state index in [9.17, 15) is 9.90 Å². The zero-order valence-corrected chi connectivity index (χ0v) is 10.1. The highest BCUT2D eigenvalue weighted by Crippen LogP contribution is 2.33. The molecule has 19 heavy (non-hydrogen) atoms. The minimum Gasteiger partial charge on any atom is -0.480 e. The quantitative estimate of drug-likeness (QED) is 0.849. The van der Waals surface area contributed by atoms with Crippen molar-refractivity contribution in [3.8, 4) is 6.07 Å². The summed E-state index contributed by atoms with van der Waals surface area (Å²) in [5, 5.41) is 19.1. The fraction of sp³-hybridized carbons (Fsp3) is 0.308. The molecule has 3 heterocycles. The Labute approximate surface area is 109 Å². The summed E-state index contributed by atoms with van der Waals surface area (Å²) >= 11 is 0. The molecule has 96 valence electrons. The van der Waals surface area contributed by atoms with Crippen LogP contribution in [0.3, 0.4) is 0 Å². The molecule has 0 aliphatic carbocycles. The monoisotopic (exact) mass is 256 g/mol. The van der Waals surface area contributed by atoms with Crippen LogP contribution in [0.4, 0.5) is 5.69 Å². The van der Waals surface area contributed by atoms with Gasteiger partial charge in [-0.1, -0.05) is 0 Å². The van der Waals surface area contributed by atoms with Crippen molar-refractivity contribution in [3.05, 3.63) is 24.0 Å². The number of anilines is 1. The maximum absolute atomic E-state index is 11.3. The summed E-state index contributed by atoms with van der Waals surface area (Å²) in [6.07, 6.45) is 4.71. The average molecular weight is 256 g/mol. The molecule has 0 radical (unpaired) electrons. The number of carboxylic acid groups (broad SMARTS) is 1. The zero-order valence-electron chi connectivity index (χ0n) is 10.1. The molecule has 1 atom stereocenters. The minimum atomic E-state index is -0.823. The summed E-state index contributed by atoms with van der Waals surface area (Å²) in [7, 11) is 0. The molecule has 0 amide bonds. The van der Waals surface area contributed by atoms with Crippen molar-refractivity contribution in [3.63, 3.8) is 0 Å². The first-order valence-corrected chi connectivity index (χ1v) is 6.08. The van der Waals surface area contributed by atoms with Crippen LogP contribution >= 0.6 is 0 Å². The first-order chi connectivity index (χ1) is 9.22. The molecule has 2 aromatic heterocycles. The first kappa shape index (κ1) is 11.5. The Kier molecular flexibility index (Phi) is 2.60. The molecular weight excluding hydrogens is 244 g/mol. The van der Waals surface area contributed by atoms with Crippen LogP contribution in [0.1, 0.15) is 18.4 Å². The second-order valence-corrected chi connectivity index (χ2v) is 4.56. The van der Waals surface area contributed by atoms with Gasteiger partial charge >= 0.3 is 5.97 Å². The summed E-state index contributed by atoms with van der Waals surface area (Å²) in [5.41, 5.74) is 1.88. The van der Waals surface area contributed by atoms with Gasteiger partial charge in [0.05, 0.1) is 16.6 Å². The van der Waals surface area contributed by atoms with Gasteiger partial charge in [-0.2, -0.15) is 5.26 Å². The molecule has 1 fully saturated rings. The third kappa shape index (κ3) is 1.71. The number of rotatable bonds is 2. The first-order valence-electron chi connectivity index (χ1n) is 6.08. The van der Waals surface area contributed by atoms with Crippen LogP contribution in [-0.2, 0) is 4.79 Å². The highest BCUT2D eigenvalue weighted by atomic mass is 16.4. The Bertz CT molecular complexity index is 685. The maximum Gasteiger partial charge on any atom is 0.326 e. The smallest absolute Gasteiger partial charge is 0.326 e. The number of carboxylic acids is 1. The van der Waals surface area contributed by atoms with Gasteiger partial charge in [-0.05, 0) is 18.9 Å². The van der Waals surface area contributed by atoms with Gasteiger partial charge in [-0.15, -0.1) is 0 Å². The number of nitrogens with zero attached hydrogens (tertiary/aromatic N) is 3. The van der Waals surface area contributed by atoms with E-state index in [1.54, 1.807) is 18.5 Å². The van der Waals surface area contributed by atoms with Gasteiger partial charge in [0.2, 0.25) is 0 Å². The van der Waals surface area contributed by atoms with Gasteiger partial charge in [0, 0.05) is 18.9 Å². The summed E-state index contributed by atoms with van der Waals surface area (Å²) in [6.45, 7) is 0.687. The Balaban J connectivity index is 2.17. The van der Waals surface area contributed by atoms with Crippen molar-refractivity contribution in [1.82, 2.24) is 9.97 Å². The number of pyridine rings is 1. The molecule has 6 heteroatoms. The Morgan fingerprint density at radius 2 is 2.47 bits per heavy atom. The number of aliphatic carboxylic acids is 1. The number of nitriles is 1. The highest BCUT2D eigenvalue weighted by Gasteiger charge is 2.32. The topological polar surface area (TPSA) is 93.0 Å². The number of aromatic amines is 1. The molecular formula is C13H12N4O2. The van der Waals surface area contributed by atoms with E-state index in [2.05, 4.69) is 16.0 Å². The van der Waals surface area contributed by atoms with Crippen LogP contribution in [0.25, 0.3) is 11.0 Å². The van der Waals surface area contributed by atoms with E-state index in [0.717, 1.165) is 12.1 Å². The van der Waals surface area contributed by atoms with Crippen LogP contribution in [0.2, 0.25) is 0 Å². The van der Waals surface area contributed by atoms with Crippen LogP contribution in [0.15, 0.2) is 18.5 Å². The largest absolute Gasteiger partial charge is 0.480 e. The number of nitrogens with one attached hydrogen (secondary N) is 1. The number of hydrogen-bond donors (Lipinski definition) is 2. The van der Waals surface area contributed by atoms with Gasteiger partial charge in [0.15, 0.2) is 0 Å². The Hall–Kier alpha value is -2.55. The van der Waals surface area contributed by atoms with Crippen molar-refractivity contribution < 1.29 is 9.90 Å². The van der Waals surface area contributed by atoms with Crippen LogP contribution in [0.5, 0.6) is 0 Å². The second-order valence-electron chi connectivity index (χ2n) is 4.56. The van der Waals surface area contributed by atoms with E-state index in [1.165, 1.54) is 0 Å². The van der Waals surface area contributed by atoms with E-state index in [1.807, 2.05) is 4.90 Å². The third-order valence-electron chi connectivity index (χ3n) is 3.52. The van der Waals surface area contributed by atoms with E-state index >= 15 is 0 Å². The highest BCUT2D eigenvalue weighted by molar-refractivity contribution is 5.96. The summed E-state index contributed by atoms with van der Waals surface area (Å²) in [5.74, 6) is -0.823. The number of aromatic nitrogens is 2. The van der Waals surface area contributed by atoms with Gasteiger partial charge < -0.3 is 15.0 Å². The lowest BCUT2D eigenvalue weighted by Gasteiger charge is -2.24. The standard InChI is InChI=1S/C13H12N4O2/c14-6-8-7-16-12-11(8)9(3-4-15-12)17-5-1-2-10(17)13(18)19/h3-4,7,10H,1-2,5H2,(H,15,16)(H,18,19)/t10-/m0/s1. The maximum atomic E-state index is 11.3. The Morgan fingerprint density at radius 1 is 1.63 bits per heavy atom. The molecule has 1 saturated heterocycles. The molecule has 0 saturated carbocycles. The lowest BCUT2D eigenvalue weighted by Crippen LogP contribution is -2.36. The molecule has 2 aromatic rings. The average Bonchev–Trinajstić information content (AvgIpc) is 3.04. The van der Waals surface area contributed by atoms with Gasteiger partial charge in [0.25, 0.3) is 0 Å². The predicted molar refractivity (Wildman–Crippen MR) is 68.8 cm³/mol. The third-order valence-corrected chi connectivity index (χ3v) is 3.52. The van der Waals surface area contributed by atoms with Crippen molar-refractivity contribution >= 4 is 22.7 Å². The fourth-order valence-corrected chi connectivity index (χ4v) is 2.68. The molecule has 1 aliphatic heterocycles. The van der Waals surface area contributed by atoms with Gasteiger partial charge in [-0.3, -0.25) is 0 Å². The predicted octanol–water partition coefficient (Wildman–Crippen LogP) is 1.49. The van der Waals surface area contributed by atoms with Crippen molar-refractivity contribution in [2.75, 3.05) is 11.4 Å². The van der Waals surface area contributed by atoms with E-state index in [0.29, 0.717) is 29.6 Å². The van der Waals surface area contributed by atoms with E-state index < -0.39 is 12.0 Å². The summed E-state index contributed by atoms with van der Waals surface area (Å²) in [4.78, 5) is 20.2. The molecule has 6 nitrogen and oxygen atoms in total. The molecule has 0 bridgehead atoms. The van der Waals surface area contributed by atoms with Crippen LogP contribution in [-0.4, -0.2) is 33.6 Å². The van der Waals surface area contributed by atoms with Crippen LogP contribution in [0, 0.1) is 11.3 Å². The van der Waals surface area contributed by atoms with Gasteiger partial charge in [-0.25, -0.2) is 9.78 Å². The van der Waals surface area contributed by atoms with Gasteiger partial charge in [0.1, 0.15) is 17.8 Å². The molecule has 2 N–H and O–H groups in total. The number of H-pyrrole nitrogens is 1. The SMILES string of the molecule is N#Cc1c[nH]c2nccc(N3CCC[C@H]3C(=O)O)c12. The molecule has 0 aromatic carbocycles. The van der Waals surface area contributed by atoms with E-state index in [-0.39, 0.29) is 0 Å². The summed E-state index contributed by atoms with van der Waals surface area (Å²) in [6, 6.07) is 3.37. The van der Waals surface area contributed by atoms with Crippen molar-refractivity contribution in [2.24, 2.45) is 0 Å².